The van der Waals surface area contributed by atoms with Gasteiger partial charge in [-0.1, -0.05) is 23.2 Å². The summed E-state index contributed by atoms with van der Waals surface area (Å²) >= 11 is 11.9. The molecule has 1 aromatic carbocycles. The summed E-state index contributed by atoms with van der Waals surface area (Å²) in [5.74, 6) is -0.507. The smallest absolute Gasteiger partial charge is 0.240 e. The number of hydrogen-bond donors (Lipinski definition) is 1. The van der Waals surface area contributed by atoms with Crippen LogP contribution in [0, 0.1) is 0 Å². The monoisotopic (exact) mass is 344 g/mol. The van der Waals surface area contributed by atoms with Crippen LogP contribution in [0.3, 0.4) is 0 Å². The molecule has 1 saturated heterocycles. The predicted molar refractivity (Wildman–Crippen MR) is 86.5 cm³/mol. The van der Waals surface area contributed by atoms with Crippen LogP contribution in [0.15, 0.2) is 18.2 Å². The highest BCUT2D eigenvalue weighted by molar-refractivity contribution is 6.35. The van der Waals surface area contributed by atoms with Crippen LogP contribution in [0.25, 0.3) is 0 Å². The van der Waals surface area contributed by atoms with Gasteiger partial charge in [-0.3, -0.25) is 9.59 Å². The van der Waals surface area contributed by atoms with Crippen molar-refractivity contribution in [2.45, 2.75) is 25.9 Å². The number of ether oxygens (including phenoxy) is 1. The number of halogens is 2. The molecule has 0 saturated carbocycles. The molecule has 1 atom stereocenters. The predicted octanol–water partition coefficient (Wildman–Crippen LogP) is 2.64. The number of carbonyl (C=O) groups is 2. The molecule has 0 bridgehead atoms. The van der Waals surface area contributed by atoms with Gasteiger partial charge in [0.15, 0.2) is 0 Å². The molecule has 0 radical (unpaired) electrons. The van der Waals surface area contributed by atoms with Crippen LogP contribution in [0.4, 0.5) is 5.69 Å². The van der Waals surface area contributed by atoms with E-state index in [0.717, 1.165) is 19.4 Å². The third-order valence-corrected chi connectivity index (χ3v) is 3.83. The van der Waals surface area contributed by atoms with Crippen molar-refractivity contribution < 1.29 is 14.3 Å². The van der Waals surface area contributed by atoms with Crippen LogP contribution >= 0.6 is 23.2 Å². The number of carbonyl (C=O) groups excluding carboxylic acids is 2. The van der Waals surface area contributed by atoms with Crippen LogP contribution < -0.4 is 10.2 Å². The third-order valence-electron chi connectivity index (χ3n) is 3.39. The Balaban J connectivity index is 1.98. The first-order chi connectivity index (χ1) is 10.5. The number of nitrogens with one attached hydrogen (secondary N) is 1. The second kappa shape index (κ2) is 7.81. The van der Waals surface area contributed by atoms with Gasteiger partial charge in [-0.2, -0.15) is 0 Å². The summed E-state index contributed by atoms with van der Waals surface area (Å²) in [6.45, 7) is 2.50. The second-order valence-corrected chi connectivity index (χ2v) is 6.04. The van der Waals surface area contributed by atoms with Crippen molar-refractivity contribution in [3.63, 3.8) is 0 Å². The van der Waals surface area contributed by atoms with Crippen molar-refractivity contribution in [2.75, 3.05) is 24.6 Å². The highest BCUT2D eigenvalue weighted by Gasteiger charge is 2.19. The number of nitrogens with zero attached hydrogens (tertiary/aromatic N) is 1. The molecule has 1 aliphatic heterocycles. The van der Waals surface area contributed by atoms with Gasteiger partial charge in [-0.05, 0) is 31.0 Å². The SMILES string of the molecule is CC(=O)N(CC(=O)NCC1CCCO1)c1cc(Cl)cc(Cl)c1. The molecule has 2 rings (SSSR count). The zero-order valence-corrected chi connectivity index (χ0v) is 13.8. The first-order valence-electron chi connectivity index (χ1n) is 7.08. The Kier molecular flexibility index (Phi) is 6.06. The van der Waals surface area contributed by atoms with Crippen molar-refractivity contribution in [1.82, 2.24) is 5.32 Å². The molecule has 22 heavy (non-hydrogen) atoms. The number of amides is 2. The molecular formula is C15H18Cl2N2O3. The Labute approximate surface area is 139 Å². The van der Waals surface area contributed by atoms with Crippen LogP contribution in [-0.4, -0.2) is 37.6 Å². The van der Waals surface area contributed by atoms with E-state index < -0.39 is 0 Å². The molecule has 1 aliphatic rings. The molecule has 2 amide bonds. The molecule has 1 aromatic rings. The fourth-order valence-corrected chi connectivity index (χ4v) is 2.83. The van der Waals surface area contributed by atoms with E-state index in [9.17, 15) is 9.59 Å². The molecule has 1 fully saturated rings. The second-order valence-electron chi connectivity index (χ2n) is 5.17. The van der Waals surface area contributed by atoms with Gasteiger partial charge in [-0.25, -0.2) is 0 Å². The van der Waals surface area contributed by atoms with Gasteiger partial charge in [0, 0.05) is 35.8 Å². The first kappa shape index (κ1) is 17.1. The standard InChI is InChI=1S/C15H18Cl2N2O3/c1-10(20)19(13-6-11(16)5-12(17)7-13)9-15(21)18-8-14-3-2-4-22-14/h5-7,14H,2-4,8-9H2,1H3,(H,18,21). The van der Waals surface area contributed by atoms with Crippen LogP contribution in [0.2, 0.25) is 10.0 Å². The van der Waals surface area contributed by atoms with Gasteiger partial charge in [0.25, 0.3) is 0 Å². The largest absolute Gasteiger partial charge is 0.376 e. The van der Waals surface area contributed by atoms with Crippen LogP contribution in [0.1, 0.15) is 19.8 Å². The highest BCUT2D eigenvalue weighted by Crippen LogP contribution is 2.25. The van der Waals surface area contributed by atoms with E-state index in [4.69, 9.17) is 27.9 Å². The molecular weight excluding hydrogens is 327 g/mol. The Bertz CT molecular complexity index is 539. The Hall–Kier alpha value is -1.30. The third kappa shape index (κ3) is 4.87. The van der Waals surface area contributed by atoms with Gasteiger partial charge in [0.05, 0.1) is 6.10 Å². The van der Waals surface area contributed by atoms with E-state index in [2.05, 4.69) is 5.32 Å². The first-order valence-corrected chi connectivity index (χ1v) is 7.84. The van der Waals surface area contributed by atoms with E-state index in [-0.39, 0.29) is 24.5 Å². The normalized spacial score (nSPS) is 17.3. The number of anilines is 1. The summed E-state index contributed by atoms with van der Waals surface area (Å²) < 4.78 is 5.44. The van der Waals surface area contributed by atoms with E-state index in [1.165, 1.54) is 11.8 Å². The van der Waals surface area contributed by atoms with E-state index in [1.54, 1.807) is 18.2 Å². The van der Waals surface area contributed by atoms with Gasteiger partial charge in [0.2, 0.25) is 11.8 Å². The minimum absolute atomic E-state index is 0.0651. The van der Waals surface area contributed by atoms with Crippen molar-refractivity contribution >= 4 is 40.7 Å². The van der Waals surface area contributed by atoms with Gasteiger partial charge >= 0.3 is 0 Å². The number of hydrogen-bond acceptors (Lipinski definition) is 3. The molecule has 7 heteroatoms. The molecule has 1 heterocycles. The lowest BCUT2D eigenvalue weighted by molar-refractivity contribution is -0.123. The number of benzene rings is 1. The average Bonchev–Trinajstić information content (AvgIpc) is 2.94. The lowest BCUT2D eigenvalue weighted by Crippen LogP contribution is -2.42. The van der Waals surface area contributed by atoms with Crippen LogP contribution in [-0.2, 0) is 14.3 Å². The topological polar surface area (TPSA) is 58.6 Å². The summed E-state index contributed by atoms with van der Waals surface area (Å²) in [5.41, 5.74) is 0.497. The summed E-state index contributed by atoms with van der Waals surface area (Å²) in [4.78, 5) is 25.2. The lowest BCUT2D eigenvalue weighted by atomic mass is 10.2. The molecule has 5 nitrogen and oxygen atoms in total. The molecule has 1 unspecified atom stereocenters. The Morgan fingerprint density at radius 2 is 2.00 bits per heavy atom. The molecule has 0 spiro atoms. The number of rotatable bonds is 5. The van der Waals surface area contributed by atoms with Gasteiger partial charge in [-0.15, -0.1) is 0 Å². The summed E-state index contributed by atoms with van der Waals surface area (Å²) in [5, 5.41) is 3.61. The maximum atomic E-state index is 12.0. The molecule has 0 aliphatic carbocycles. The Morgan fingerprint density at radius 1 is 1.32 bits per heavy atom. The minimum atomic E-state index is -0.259. The molecule has 120 valence electrons. The van der Waals surface area contributed by atoms with Gasteiger partial charge in [0.1, 0.15) is 6.54 Å². The summed E-state index contributed by atoms with van der Waals surface area (Å²) in [6.07, 6.45) is 2.03. The van der Waals surface area contributed by atoms with Crippen molar-refractivity contribution in [3.8, 4) is 0 Å². The van der Waals surface area contributed by atoms with E-state index >= 15 is 0 Å². The fourth-order valence-electron chi connectivity index (χ4n) is 2.31. The minimum Gasteiger partial charge on any atom is -0.376 e. The van der Waals surface area contributed by atoms with E-state index in [1.807, 2.05) is 0 Å². The zero-order valence-electron chi connectivity index (χ0n) is 12.3. The lowest BCUT2D eigenvalue weighted by Gasteiger charge is -2.21. The summed E-state index contributed by atoms with van der Waals surface area (Å²) in [7, 11) is 0. The fraction of sp³-hybridized carbons (Fsp3) is 0.467. The average molecular weight is 345 g/mol. The van der Waals surface area contributed by atoms with Gasteiger partial charge < -0.3 is 15.0 Å². The van der Waals surface area contributed by atoms with Crippen molar-refractivity contribution in [1.29, 1.82) is 0 Å². The maximum Gasteiger partial charge on any atom is 0.240 e. The highest BCUT2D eigenvalue weighted by atomic mass is 35.5. The van der Waals surface area contributed by atoms with Crippen molar-refractivity contribution in [2.24, 2.45) is 0 Å². The quantitative estimate of drug-likeness (QED) is 0.893. The van der Waals surface area contributed by atoms with Crippen LogP contribution in [0.5, 0.6) is 0 Å². The molecule has 0 aromatic heterocycles. The van der Waals surface area contributed by atoms with Crippen molar-refractivity contribution in [3.05, 3.63) is 28.2 Å². The zero-order chi connectivity index (χ0) is 16.1. The summed E-state index contributed by atoms with van der Waals surface area (Å²) in [6, 6.07) is 4.77. The Morgan fingerprint density at radius 3 is 2.55 bits per heavy atom. The van der Waals surface area contributed by atoms with E-state index in [0.29, 0.717) is 22.3 Å². The maximum absolute atomic E-state index is 12.0. The molecule has 1 N–H and O–H groups in total.